The van der Waals surface area contributed by atoms with E-state index in [2.05, 4.69) is 15.5 Å². The van der Waals surface area contributed by atoms with Crippen molar-refractivity contribution in [2.24, 2.45) is 0 Å². The summed E-state index contributed by atoms with van der Waals surface area (Å²) in [4.78, 5) is 0. The lowest BCUT2D eigenvalue weighted by Crippen LogP contribution is -2.73. The molecule has 0 aromatic heterocycles. The molecular weight excluding hydrogens is 162 g/mol. The van der Waals surface area contributed by atoms with Gasteiger partial charge in [0.05, 0.1) is 0 Å². The summed E-state index contributed by atoms with van der Waals surface area (Å²) in [7, 11) is 42.9. The predicted molar refractivity (Wildman–Crippen MR) is 89.1 cm³/mol. The Morgan fingerprint density at radius 3 is 1.40 bits per heavy atom. The maximum atomic E-state index is 5.82. The largest absolute Gasteiger partial charge is 0.0322 e. The molecule has 0 fully saturated rings. The third-order valence-corrected chi connectivity index (χ3v) is 2.54. The van der Waals surface area contributed by atoms with E-state index in [0.717, 1.165) is 0 Å². The molecule has 0 N–H and O–H groups in total. The molecule has 0 saturated heterocycles. The molecule has 0 saturated carbocycles. The average molecular weight is 164 g/mol. The van der Waals surface area contributed by atoms with E-state index >= 15 is 0 Å². The van der Waals surface area contributed by atoms with Crippen molar-refractivity contribution in [1.82, 2.24) is 0 Å². The summed E-state index contributed by atoms with van der Waals surface area (Å²) in [5, 5.41) is 0. The van der Waals surface area contributed by atoms with Gasteiger partial charge < -0.3 is 0 Å². The Bertz CT molecular complexity index is 147. The molecule has 0 spiro atoms. The predicted octanol–water partition coefficient (Wildman–Crippen LogP) is -6.25. The molecule has 0 nitrogen and oxygen atoms in total. The van der Waals surface area contributed by atoms with Crippen molar-refractivity contribution in [3.05, 3.63) is 0 Å². The molecule has 0 heterocycles. The zero-order chi connectivity index (χ0) is 12.2. The molecule has 0 aliphatic carbocycles. The van der Waals surface area contributed by atoms with Crippen molar-refractivity contribution < 1.29 is 0 Å². The van der Waals surface area contributed by atoms with Gasteiger partial charge in [0.25, 0.3) is 0 Å². The molecule has 0 amide bonds. The Hall–Kier alpha value is 0.974. The van der Waals surface area contributed by atoms with Gasteiger partial charge in [0, 0.05) is 107 Å². The summed E-state index contributed by atoms with van der Waals surface area (Å²) in [5.74, 6) is 0. The lowest BCUT2D eigenvalue weighted by atomic mass is 8.46. The van der Waals surface area contributed by atoms with Crippen LogP contribution in [0.1, 0.15) is 0 Å². The van der Waals surface area contributed by atoms with Crippen LogP contribution in [0, 0.1) is 0 Å². The van der Waals surface area contributed by atoms with E-state index in [4.69, 9.17) is 46.4 Å². The average Bonchev–Trinajstić information content (AvgIpc) is 2.10. The fourth-order valence-corrected chi connectivity index (χ4v) is 1.75. The SMILES string of the molecule is [B]B([B])B(B([B])[BH])B(B([B])[B])B([B])[B][BH]. The van der Waals surface area contributed by atoms with Crippen molar-refractivity contribution in [3.63, 3.8) is 0 Å². The smallest absolute Gasteiger partial charge is 0.00000000352 e. The molecule has 0 bridgehead atoms. The van der Waals surface area contributed by atoms with Gasteiger partial charge >= 0.3 is 0 Å². The van der Waals surface area contributed by atoms with Gasteiger partial charge in [-0.3, -0.25) is 0 Å². The molecule has 47 valence electrons. The summed E-state index contributed by atoms with van der Waals surface area (Å²) < 4.78 is 0. The molecule has 15 radical (unpaired) electrons. The van der Waals surface area contributed by atoms with Crippen molar-refractivity contribution in [1.29, 1.82) is 0 Å². The minimum atomic E-state index is -0.664. The van der Waals surface area contributed by atoms with Gasteiger partial charge in [-0.05, 0) is 0 Å². The van der Waals surface area contributed by atoms with Crippen LogP contribution in [0.3, 0.4) is 0 Å². The zero-order valence-corrected chi connectivity index (χ0v) is 8.92. The van der Waals surface area contributed by atoms with Crippen LogP contribution in [0.25, 0.3) is 0 Å². The minimum absolute atomic E-state index is 0.338. The first-order chi connectivity index (χ1) is 6.82. The van der Waals surface area contributed by atoms with Gasteiger partial charge in [-0.15, -0.1) is 0 Å². The van der Waals surface area contributed by atoms with E-state index in [1.807, 2.05) is 0 Å². The summed E-state index contributed by atoms with van der Waals surface area (Å²) in [5.41, 5.74) is 0. The molecule has 15 heteroatoms. The topological polar surface area (TPSA) is 0 Å². The van der Waals surface area contributed by atoms with E-state index in [9.17, 15) is 0 Å². The van der Waals surface area contributed by atoms with Crippen molar-refractivity contribution in [3.8, 4) is 0 Å². The molecule has 0 aromatic carbocycles. The Balaban J connectivity index is 4.84. The summed E-state index contributed by atoms with van der Waals surface area (Å²) >= 11 is 0. The highest BCUT2D eigenvalue weighted by Crippen LogP contribution is 1.98. The Morgan fingerprint density at radius 1 is 0.800 bits per heavy atom. The van der Waals surface area contributed by atoms with Crippen LogP contribution in [0.5, 0.6) is 0 Å². The molecule has 15 heavy (non-hydrogen) atoms. The van der Waals surface area contributed by atoms with Gasteiger partial charge in [0.2, 0.25) is 0 Å². The molecule has 0 atom stereocenters. The minimum Gasteiger partial charge on any atom is 0.00000000352 e. The monoisotopic (exact) mass is 167 g/mol. The van der Waals surface area contributed by atoms with E-state index < -0.39 is 25.5 Å². The molecule has 0 aromatic rings. The quantitative estimate of drug-likeness (QED) is 0.343. The molecule has 0 aliphatic rings. The lowest BCUT2D eigenvalue weighted by Gasteiger charge is -2.35. The summed E-state index contributed by atoms with van der Waals surface area (Å²) in [6.07, 6.45) is -2.89. The second-order valence-corrected chi connectivity index (χ2v) is 3.79. The van der Waals surface area contributed by atoms with Crippen LogP contribution >= 0.6 is 0 Å². The van der Waals surface area contributed by atoms with Crippen LogP contribution in [0.2, 0.25) is 0 Å². The Labute approximate surface area is 107 Å². The van der Waals surface area contributed by atoms with E-state index in [1.165, 1.54) is 0 Å². The van der Waals surface area contributed by atoms with Crippen LogP contribution < -0.4 is 0 Å². The van der Waals surface area contributed by atoms with Gasteiger partial charge in [0.15, 0.2) is 0 Å². The van der Waals surface area contributed by atoms with Crippen molar-refractivity contribution >= 4 is 107 Å². The first kappa shape index (κ1) is 16.0. The molecule has 0 rings (SSSR count). The molecular formula is H2B15. The Kier molecular flexibility index (Phi) is 7.81. The summed E-state index contributed by atoms with van der Waals surface area (Å²) in [6.45, 7) is 0. The summed E-state index contributed by atoms with van der Waals surface area (Å²) in [6, 6.07) is 0. The van der Waals surface area contributed by atoms with Gasteiger partial charge in [-0.2, -0.15) is 0 Å². The molecule has 0 unspecified atom stereocenters. The number of hydrogen-bond acceptors (Lipinski definition) is 0. The normalized spacial score (nSPS) is 8.80. The van der Waals surface area contributed by atoms with Crippen molar-refractivity contribution in [2.75, 3.05) is 0 Å². The van der Waals surface area contributed by atoms with E-state index in [0.29, 0.717) is 0 Å². The van der Waals surface area contributed by atoms with Crippen LogP contribution in [-0.2, 0) is 0 Å². The highest BCUT2D eigenvalue weighted by atomic mass is 13.2. The van der Waals surface area contributed by atoms with E-state index in [1.54, 1.807) is 7.06 Å². The second kappa shape index (κ2) is 7.33. The first-order valence-corrected chi connectivity index (χ1v) is 4.82. The number of hydrogen-bond donors (Lipinski definition) is 0. The lowest BCUT2D eigenvalue weighted by molar-refractivity contribution is 3.40. The fraction of sp³-hybridized carbons (Fsp3) is 0. The highest BCUT2D eigenvalue weighted by Gasteiger charge is 2.36. The fourth-order valence-electron chi connectivity index (χ4n) is 1.75. The zero-order valence-electron chi connectivity index (χ0n) is 8.92. The van der Waals surface area contributed by atoms with Crippen molar-refractivity contribution in [2.45, 2.75) is 0 Å². The van der Waals surface area contributed by atoms with E-state index in [-0.39, 0.29) is 12.8 Å². The van der Waals surface area contributed by atoms with Gasteiger partial charge in [-0.25, -0.2) is 0 Å². The van der Waals surface area contributed by atoms with Crippen LogP contribution in [0.4, 0.5) is 0 Å². The third kappa shape index (κ3) is 4.78. The van der Waals surface area contributed by atoms with Gasteiger partial charge in [-0.1, -0.05) is 0 Å². The number of rotatable bonds is 6. The maximum Gasteiger partial charge on any atom is 0.0322 e. The Morgan fingerprint density at radius 2 is 1.20 bits per heavy atom. The molecule has 0 aliphatic heterocycles. The third-order valence-electron chi connectivity index (χ3n) is 2.54. The van der Waals surface area contributed by atoms with Crippen LogP contribution in [0.15, 0.2) is 0 Å². The first-order valence-electron chi connectivity index (χ1n) is 4.82. The standard InChI is InChI=1S/B15H2/c1-9-13(8)15(12(6)7)14(10(2)3)11(4)5/h1-2H. The van der Waals surface area contributed by atoms with Gasteiger partial charge in [0.1, 0.15) is 0 Å². The second-order valence-electron chi connectivity index (χ2n) is 3.79. The van der Waals surface area contributed by atoms with Crippen LogP contribution in [-0.4, -0.2) is 107 Å². The highest BCUT2D eigenvalue weighted by molar-refractivity contribution is 8.12. The maximum absolute atomic E-state index is 5.82.